The lowest BCUT2D eigenvalue weighted by Crippen LogP contribution is -2.40. The number of benzene rings is 1. The lowest BCUT2D eigenvalue weighted by Gasteiger charge is -2.22. The zero-order valence-electron chi connectivity index (χ0n) is 16.4. The summed E-state index contributed by atoms with van der Waals surface area (Å²) < 4.78 is 5.40. The van der Waals surface area contributed by atoms with E-state index in [0.717, 1.165) is 43.0 Å². The van der Waals surface area contributed by atoms with Crippen molar-refractivity contribution in [2.45, 2.75) is 39.0 Å². The van der Waals surface area contributed by atoms with Crippen LogP contribution in [0.5, 0.6) is 0 Å². The SMILES string of the molecule is CCNC(=NCCc1nc(-c2ccc(Cl)cc2)no1)N1CC2CCCCC2C1. The average molecular weight is 402 g/mol. The van der Waals surface area contributed by atoms with Gasteiger partial charge in [-0.05, 0) is 55.9 Å². The molecule has 0 spiro atoms. The molecule has 1 aliphatic carbocycles. The number of aliphatic imine (C=N–C) groups is 1. The van der Waals surface area contributed by atoms with Crippen molar-refractivity contribution < 1.29 is 4.52 Å². The first-order valence-electron chi connectivity index (χ1n) is 10.3. The van der Waals surface area contributed by atoms with E-state index in [1.54, 1.807) is 0 Å². The number of fused-ring (bicyclic) bond motifs is 1. The van der Waals surface area contributed by atoms with Crippen LogP contribution in [-0.2, 0) is 6.42 Å². The smallest absolute Gasteiger partial charge is 0.228 e. The van der Waals surface area contributed by atoms with Gasteiger partial charge in [0, 0.05) is 36.6 Å². The van der Waals surface area contributed by atoms with E-state index in [-0.39, 0.29) is 0 Å². The summed E-state index contributed by atoms with van der Waals surface area (Å²) in [6, 6.07) is 7.44. The number of likely N-dealkylation sites (tertiary alicyclic amines) is 1. The van der Waals surface area contributed by atoms with Crippen molar-refractivity contribution in [2.24, 2.45) is 16.8 Å². The Bertz CT molecular complexity index is 789. The predicted molar refractivity (Wildman–Crippen MR) is 111 cm³/mol. The summed E-state index contributed by atoms with van der Waals surface area (Å²) in [5.74, 6) is 3.91. The number of hydrogen-bond acceptors (Lipinski definition) is 4. The van der Waals surface area contributed by atoms with Gasteiger partial charge in [-0.3, -0.25) is 4.99 Å². The maximum atomic E-state index is 5.93. The van der Waals surface area contributed by atoms with Crippen LogP contribution in [0.1, 0.15) is 38.5 Å². The van der Waals surface area contributed by atoms with Gasteiger partial charge in [0.15, 0.2) is 5.96 Å². The number of aromatic nitrogens is 2. The number of halogens is 1. The molecule has 150 valence electrons. The summed E-state index contributed by atoms with van der Waals surface area (Å²) in [5.41, 5.74) is 0.899. The maximum Gasteiger partial charge on any atom is 0.228 e. The van der Waals surface area contributed by atoms with Crippen molar-refractivity contribution in [3.05, 3.63) is 35.2 Å². The molecule has 28 heavy (non-hydrogen) atoms. The molecule has 2 aliphatic rings. The standard InChI is InChI=1S/C21H28ClN5O/c1-2-23-21(27-13-16-5-3-4-6-17(16)14-27)24-12-11-19-25-20(26-28-19)15-7-9-18(22)10-8-15/h7-10,16-17H,2-6,11-14H2,1H3,(H,23,24). The molecule has 1 aromatic carbocycles. The van der Waals surface area contributed by atoms with E-state index in [9.17, 15) is 0 Å². The van der Waals surface area contributed by atoms with Crippen molar-refractivity contribution in [3.63, 3.8) is 0 Å². The van der Waals surface area contributed by atoms with Gasteiger partial charge in [-0.15, -0.1) is 0 Å². The van der Waals surface area contributed by atoms with Crippen molar-refractivity contribution in [2.75, 3.05) is 26.2 Å². The number of hydrogen-bond donors (Lipinski definition) is 1. The first-order valence-corrected chi connectivity index (χ1v) is 10.7. The van der Waals surface area contributed by atoms with Crippen LogP contribution in [-0.4, -0.2) is 47.2 Å². The van der Waals surface area contributed by atoms with Gasteiger partial charge in [-0.25, -0.2) is 0 Å². The second-order valence-electron chi connectivity index (χ2n) is 7.71. The van der Waals surface area contributed by atoms with Gasteiger partial charge in [-0.1, -0.05) is 29.6 Å². The Kier molecular flexibility index (Phi) is 6.15. The van der Waals surface area contributed by atoms with E-state index in [4.69, 9.17) is 21.1 Å². The molecular weight excluding hydrogens is 374 g/mol. The Morgan fingerprint density at radius 1 is 1.21 bits per heavy atom. The molecule has 2 aromatic rings. The molecule has 0 bridgehead atoms. The summed E-state index contributed by atoms with van der Waals surface area (Å²) in [7, 11) is 0. The predicted octanol–water partition coefficient (Wildman–Crippen LogP) is 4.02. The Morgan fingerprint density at radius 3 is 2.61 bits per heavy atom. The number of guanidine groups is 1. The van der Waals surface area contributed by atoms with Crippen molar-refractivity contribution in [1.29, 1.82) is 0 Å². The van der Waals surface area contributed by atoms with Crippen molar-refractivity contribution in [1.82, 2.24) is 20.4 Å². The van der Waals surface area contributed by atoms with Crippen molar-refractivity contribution >= 4 is 17.6 Å². The third-order valence-corrected chi connectivity index (χ3v) is 6.02. The second kappa shape index (κ2) is 8.95. The van der Waals surface area contributed by atoms with Crippen LogP contribution < -0.4 is 5.32 Å². The second-order valence-corrected chi connectivity index (χ2v) is 8.15. The molecule has 4 rings (SSSR count). The van der Waals surface area contributed by atoms with Gasteiger partial charge in [0.25, 0.3) is 0 Å². The van der Waals surface area contributed by atoms with Gasteiger partial charge in [0.2, 0.25) is 11.7 Å². The third-order valence-electron chi connectivity index (χ3n) is 5.77. The molecule has 7 heteroatoms. The molecular formula is C21H28ClN5O. The number of nitrogens with zero attached hydrogens (tertiary/aromatic N) is 4. The minimum absolute atomic E-state index is 0.589. The normalized spacial score (nSPS) is 22.4. The highest BCUT2D eigenvalue weighted by Crippen LogP contribution is 2.35. The molecule has 2 atom stereocenters. The van der Waals surface area contributed by atoms with E-state index in [1.165, 1.54) is 25.7 Å². The topological polar surface area (TPSA) is 66.5 Å². The largest absolute Gasteiger partial charge is 0.357 e. The Balaban J connectivity index is 1.36. The Labute approximate surface area is 171 Å². The van der Waals surface area contributed by atoms with Crippen LogP contribution >= 0.6 is 11.6 Å². The first kappa shape index (κ1) is 19.2. The summed E-state index contributed by atoms with van der Waals surface area (Å²) in [6.07, 6.45) is 6.15. The summed E-state index contributed by atoms with van der Waals surface area (Å²) in [6.45, 7) is 5.91. The van der Waals surface area contributed by atoms with Gasteiger partial charge in [0.1, 0.15) is 0 Å². The third kappa shape index (κ3) is 4.49. The molecule has 1 N–H and O–H groups in total. The quantitative estimate of drug-likeness (QED) is 0.605. The molecule has 1 aliphatic heterocycles. The lowest BCUT2D eigenvalue weighted by molar-refractivity contribution is 0.299. The average Bonchev–Trinajstić information content (AvgIpc) is 3.35. The van der Waals surface area contributed by atoms with Gasteiger partial charge in [-0.2, -0.15) is 4.98 Å². The van der Waals surface area contributed by atoms with Crippen LogP contribution in [0.4, 0.5) is 0 Å². The molecule has 1 aromatic heterocycles. The summed E-state index contributed by atoms with van der Waals surface area (Å²) in [4.78, 5) is 11.8. The minimum atomic E-state index is 0.589. The molecule has 2 heterocycles. The van der Waals surface area contributed by atoms with E-state index < -0.39 is 0 Å². The maximum absolute atomic E-state index is 5.93. The van der Waals surface area contributed by atoms with Crippen LogP contribution in [0.25, 0.3) is 11.4 Å². The van der Waals surface area contributed by atoms with Crippen LogP contribution in [0.3, 0.4) is 0 Å². The highest BCUT2D eigenvalue weighted by molar-refractivity contribution is 6.30. The molecule has 1 saturated carbocycles. The molecule has 2 fully saturated rings. The number of nitrogens with one attached hydrogen (secondary N) is 1. The highest BCUT2D eigenvalue weighted by Gasteiger charge is 2.35. The summed E-state index contributed by atoms with van der Waals surface area (Å²) in [5, 5.41) is 8.22. The molecule has 0 radical (unpaired) electrons. The van der Waals surface area contributed by atoms with Gasteiger partial charge < -0.3 is 14.7 Å². The fraction of sp³-hybridized carbons (Fsp3) is 0.571. The monoisotopic (exact) mass is 401 g/mol. The summed E-state index contributed by atoms with van der Waals surface area (Å²) >= 11 is 5.93. The Hall–Kier alpha value is -2.08. The van der Waals surface area contributed by atoms with E-state index in [0.29, 0.717) is 29.7 Å². The van der Waals surface area contributed by atoms with Gasteiger partial charge >= 0.3 is 0 Å². The fourth-order valence-corrected chi connectivity index (χ4v) is 4.46. The molecule has 1 saturated heterocycles. The lowest BCUT2D eigenvalue weighted by atomic mass is 9.82. The highest BCUT2D eigenvalue weighted by atomic mass is 35.5. The van der Waals surface area contributed by atoms with Crippen molar-refractivity contribution in [3.8, 4) is 11.4 Å². The van der Waals surface area contributed by atoms with E-state index in [2.05, 4.69) is 27.3 Å². The van der Waals surface area contributed by atoms with Crippen LogP contribution in [0.2, 0.25) is 5.02 Å². The van der Waals surface area contributed by atoms with Crippen LogP contribution in [0, 0.1) is 11.8 Å². The first-order chi connectivity index (χ1) is 13.7. The fourth-order valence-electron chi connectivity index (χ4n) is 4.33. The van der Waals surface area contributed by atoms with Crippen LogP contribution in [0.15, 0.2) is 33.8 Å². The van der Waals surface area contributed by atoms with Gasteiger partial charge in [0.05, 0.1) is 6.54 Å². The molecule has 2 unspecified atom stereocenters. The zero-order chi connectivity index (χ0) is 19.3. The Morgan fingerprint density at radius 2 is 1.93 bits per heavy atom. The zero-order valence-corrected chi connectivity index (χ0v) is 17.2. The van der Waals surface area contributed by atoms with E-state index >= 15 is 0 Å². The molecule has 0 amide bonds. The molecule has 6 nitrogen and oxygen atoms in total. The van der Waals surface area contributed by atoms with E-state index in [1.807, 2.05) is 24.3 Å². The minimum Gasteiger partial charge on any atom is -0.357 e. The number of rotatable bonds is 5.